The normalized spacial score (nSPS) is 16.5. The summed E-state index contributed by atoms with van der Waals surface area (Å²) in [7, 11) is 0. The lowest BCUT2D eigenvalue weighted by Crippen LogP contribution is -2.30. The van der Waals surface area contributed by atoms with Crippen LogP contribution in [0.25, 0.3) is 11.1 Å². The molecule has 0 bridgehead atoms. The van der Waals surface area contributed by atoms with Crippen LogP contribution in [0.1, 0.15) is 29.2 Å². The molecule has 0 spiro atoms. The van der Waals surface area contributed by atoms with Crippen LogP contribution in [0.5, 0.6) is 0 Å². The molecule has 1 aromatic heterocycles. The number of nitrogens with one attached hydrogen (secondary N) is 1. The SMILES string of the molecule is Cc1ccccc1-c1cccc(CNCC2CCc3nnc(C)n3C2)c1. The Balaban J connectivity index is 1.37. The van der Waals surface area contributed by atoms with Crippen LogP contribution in [-0.2, 0) is 19.5 Å². The molecule has 2 heterocycles. The molecule has 2 aromatic carbocycles. The number of hydrogen-bond donors (Lipinski definition) is 1. The summed E-state index contributed by atoms with van der Waals surface area (Å²) < 4.78 is 2.27. The first kappa shape index (κ1) is 17.0. The lowest BCUT2D eigenvalue weighted by molar-refractivity contribution is 0.344. The number of aromatic nitrogens is 3. The molecule has 26 heavy (non-hydrogen) atoms. The lowest BCUT2D eigenvalue weighted by Gasteiger charge is -2.24. The second-order valence-electron chi connectivity index (χ2n) is 7.32. The number of nitrogens with zero attached hydrogens (tertiary/aromatic N) is 3. The van der Waals surface area contributed by atoms with Crippen LogP contribution < -0.4 is 5.32 Å². The van der Waals surface area contributed by atoms with Gasteiger partial charge in [0.05, 0.1) is 0 Å². The predicted molar refractivity (Wildman–Crippen MR) is 105 cm³/mol. The number of aryl methyl sites for hydroxylation is 3. The van der Waals surface area contributed by atoms with E-state index in [4.69, 9.17) is 0 Å². The van der Waals surface area contributed by atoms with Gasteiger partial charge >= 0.3 is 0 Å². The van der Waals surface area contributed by atoms with Crippen molar-refractivity contribution in [2.45, 2.75) is 39.8 Å². The molecule has 1 aliphatic rings. The van der Waals surface area contributed by atoms with Crippen LogP contribution in [0.15, 0.2) is 48.5 Å². The summed E-state index contributed by atoms with van der Waals surface area (Å²) in [6.07, 6.45) is 2.23. The van der Waals surface area contributed by atoms with Gasteiger partial charge in [0.1, 0.15) is 11.6 Å². The Kier molecular flexibility index (Phi) is 4.85. The van der Waals surface area contributed by atoms with Gasteiger partial charge in [-0.25, -0.2) is 0 Å². The predicted octanol–water partition coefficient (Wildman–Crippen LogP) is 3.91. The Morgan fingerprint density at radius 3 is 2.85 bits per heavy atom. The van der Waals surface area contributed by atoms with E-state index in [1.807, 2.05) is 6.92 Å². The average Bonchev–Trinajstić information content (AvgIpc) is 3.03. The molecule has 0 fully saturated rings. The molecule has 1 aliphatic heterocycles. The van der Waals surface area contributed by atoms with Crippen LogP contribution in [0, 0.1) is 19.8 Å². The second kappa shape index (κ2) is 7.42. The summed E-state index contributed by atoms with van der Waals surface area (Å²) in [6.45, 7) is 7.19. The molecule has 1 N–H and O–H groups in total. The summed E-state index contributed by atoms with van der Waals surface area (Å²) in [5.74, 6) is 2.83. The van der Waals surface area contributed by atoms with Crippen molar-refractivity contribution in [2.24, 2.45) is 5.92 Å². The monoisotopic (exact) mass is 346 g/mol. The fourth-order valence-electron chi connectivity index (χ4n) is 3.86. The lowest BCUT2D eigenvalue weighted by atomic mass is 9.98. The highest BCUT2D eigenvalue weighted by molar-refractivity contribution is 5.67. The topological polar surface area (TPSA) is 42.7 Å². The van der Waals surface area contributed by atoms with E-state index < -0.39 is 0 Å². The van der Waals surface area contributed by atoms with Gasteiger partial charge in [-0.2, -0.15) is 0 Å². The van der Waals surface area contributed by atoms with Gasteiger partial charge in [0.15, 0.2) is 0 Å². The molecule has 0 radical (unpaired) electrons. The highest BCUT2D eigenvalue weighted by atomic mass is 15.3. The molecular weight excluding hydrogens is 320 g/mol. The summed E-state index contributed by atoms with van der Waals surface area (Å²) in [6, 6.07) is 17.4. The minimum absolute atomic E-state index is 0.650. The molecule has 0 saturated heterocycles. The number of rotatable bonds is 5. The Hall–Kier alpha value is -2.46. The molecule has 4 nitrogen and oxygen atoms in total. The minimum Gasteiger partial charge on any atom is -0.315 e. The number of hydrogen-bond acceptors (Lipinski definition) is 3. The molecule has 1 unspecified atom stereocenters. The highest BCUT2D eigenvalue weighted by Gasteiger charge is 2.21. The fourth-order valence-corrected chi connectivity index (χ4v) is 3.86. The van der Waals surface area contributed by atoms with Gasteiger partial charge in [0.25, 0.3) is 0 Å². The Labute approximate surface area is 155 Å². The number of benzene rings is 2. The van der Waals surface area contributed by atoms with Gasteiger partial charge in [-0.15, -0.1) is 10.2 Å². The molecule has 0 saturated carbocycles. The van der Waals surface area contributed by atoms with Crippen LogP contribution in [0.2, 0.25) is 0 Å². The van der Waals surface area contributed by atoms with E-state index in [-0.39, 0.29) is 0 Å². The summed E-state index contributed by atoms with van der Waals surface area (Å²) in [4.78, 5) is 0. The van der Waals surface area contributed by atoms with Crippen molar-refractivity contribution >= 4 is 0 Å². The van der Waals surface area contributed by atoms with Gasteiger partial charge < -0.3 is 9.88 Å². The first-order valence-electron chi connectivity index (χ1n) is 9.45. The van der Waals surface area contributed by atoms with Crippen LogP contribution in [-0.4, -0.2) is 21.3 Å². The van der Waals surface area contributed by atoms with E-state index in [2.05, 4.69) is 75.5 Å². The van der Waals surface area contributed by atoms with Crippen molar-refractivity contribution < 1.29 is 0 Å². The minimum atomic E-state index is 0.650. The highest BCUT2D eigenvalue weighted by Crippen LogP contribution is 2.24. The summed E-state index contributed by atoms with van der Waals surface area (Å²) in [5, 5.41) is 12.1. The zero-order valence-electron chi connectivity index (χ0n) is 15.6. The van der Waals surface area contributed by atoms with Crippen molar-refractivity contribution in [1.29, 1.82) is 0 Å². The van der Waals surface area contributed by atoms with Crippen LogP contribution in [0.3, 0.4) is 0 Å². The van der Waals surface area contributed by atoms with Gasteiger partial charge in [0, 0.05) is 19.5 Å². The first-order chi connectivity index (χ1) is 12.7. The first-order valence-corrected chi connectivity index (χ1v) is 9.45. The maximum Gasteiger partial charge on any atom is 0.133 e. The van der Waals surface area contributed by atoms with Crippen molar-refractivity contribution in [2.75, 3.05) is 6.54 Å². The maximum atomic E-state index is 4.26. The largest absolute Gasteiger partial charge is 0.315 e. The molecule has 1 atom stereocenters. The Morgan fingerprint density at radius 2 is 1.96 bits per heavy atom. The van der Waals surface area contributed by atoms with Gasteiger partial charge in [-0.1, -0.05) is 42.5 Å². The fraction of sp³-hybridized carbons (Fsp3) is 0.364. The third kappa shape index (κ3) is 3.56. The van der Waals surface area contributed by atoms with E-state index in [0.717, 1.165) is 37.7 Å². The molecule has 4 heteroatoms. The third-order valence-corrected chi connectivity index (χ3v) is 5.37. The summed E-state index contributed by atoms with van der Waals surface area (Å²) >= 11 is 0. The third-order valence-electron chi connectivity index (χ3n) is 5.37. The van der Waals surface area contributed by atoms with E-state index in [9.17, 15) is 0 Å². The Morgan fingerprint density at radius 1 is 1.08 bits per heavy atom. The maximum absolute atomic E-state index is 4.26. The molecule has 0 amide bonds. The van der Waals surface area contributed by atoms with Crippen molar-refractivity contribution in [3.05, 3.63) is 71.3 Å². The van der Waals surface area contributed by atoms with Crippen molar-refractivity contribution in [3.8, 4) is 11.1 Å². The second-order valence-corrected chi connectivity index (χ2v) is 7.32. The van der Waals surface area contributed by atoms with E-state index >= 15 is 0 Å². The molecular formula is C22H26N4. The molecule has 134 valence electrons. The van der Waals surface area contributed by atoms with E-state index in [1.165, 1.54) is 28.7 Å². The summed E-state index contributed by atoms with van der Waals surface area (Å²) in [5.41, 5.74) is 5.27. The van der Waals surface area contributed by atoms with Gasteiger partial charge in [0.2, 0.25) is 0 Å². The number of fused-ring (bicyclic) bond motifs is 1. The van der Waals surface area contributed by atoms with Crippen LogP contribution >= 0.6 is 0 Å². The van der Waals surface area contributed by atoms with Gasteiger partial charge in [-0.05, 0) is 61.1 Å². The molecule has 4 rings (SSSR count). The quantitative estimate of drug-likeness (QED) is 0.761. The standard InChI is InChI=1S/C22H26N4/c1-16-6-3-4-9-21(16)20-8-5-7-18(12-20)13-23-14-19-10-11-22-25-24-17(2)26(22)15-19/h3-9,12,19,23H,10-11,13-15H2,1-2H3. The Bertz CT molecular complexity index is 897. The van der Waals surface area contributed by atoms with Crippen molar-refractivity contribution in [1.82, 2.24) is 20.1 Å². The zero-order chi connectivity index (χ0) is 17.9. The van der Waals surface area contributed by atoms with Crippen molar-refractivity contribution in [3.63, 3.8) is 0 Å². The van der Waals surface area contributed by atoms with E-state index in [0.29, 0.717) is 5.92 Å². The van der Waals surface area contributed by atoms with Crippen LogP contribution in [0.4, 0.5) is 0 Å². The zero-order valence-corrected chi connectivity index (χ0v) is 15.6. The average molecular weight is 346 g/mol. The molecule has 3 aromatic rings. The van der Waals surface area contributed by atoms with Gasteiger partial charge in [-0.3, -0.25) is 0 Å². The molecule has 0 aliphatic carbocycles. The smallest absolute Gasteiger partial charge is 0.133 e. The van der Waals surface area contributed by atoms with E-state index in [1.54, 1.807) is 0 Å².